The highest BCUT2D eigenvalue weighted by atomic mass is 16.5. The summed E-state index contributed by atoms with van der Waals surface area (Å²) in [5.41, 5.74) is 7.87. The SMILES string of the molecule is CCN(CC)c1ccc2cc(COc3nc(N)nc4c3ncn4[C@H]3C[C@H](O)[C@@H](CO)O3)c(=O)oc2c1. The van der Waals surface area contributed by atoms with E-state index < -0.39 is 24.1 Å². The highest BCUT2D eigenvalue weighted by molar-refractivity contribution is 5.81. The summed E-state index contributed by atoms with van der Waals surface area (Å²) in [5, 5.41) is 20.2. The molecule has 190 valence electrons. The molecule has 1 saturated heterocycles. The van der Waals surface area contributed by atoms with Crippen molar-refractivity contribution in [1.29, 1.82) is 0 Å². The number of nitrogens with zero attached hydrogens (tertiary/aromatic N) is 5. The van der Waals surface area contributed by atoms with Gasteiger partial charge in [0.15, 0.2) is 11.2 Å². The first-order valence-electron chi connectivity index (χ1n) is 11.8. The molecule has 1 aliphatic heterocycles. The predicted octanol–water partition coefficient (Wildman–Crippen LogP) is 1.58. The summed E-state index contributed by atoms with van der Waals surface area (Å²) in [7, 11) is 0. The first-order valence-corrected chi connectivity index (χ1v) is 11.8. The molecule has 12 heteroatoms. The van der Waals surface area contributed by atoms with E-state index in [-0.39, 0.29) is 31.5 Å². The highest BCUT2D eigenvalue weighted by Crippen LogP contribution is 2.32. The Labute approximate surface area is 205 Å². The molecule has 4 heterocycles. The van der Waals surface area contributed by atoms with Crippen LogP contribution in [0.4, 0.5) is 11.6 Å². The van der Waals surface area contributed by atoms with Gasteiger partial charge < -0.3 is 34.7 Å². The number of benzene rings is 1. The number of nitrogens with two attached hydrogens (primary N) is 1. The number of imidazole rings is 1. The smallest absolute Gasteiger partial charge is 0.342 e. The average molecular weight is 497 g/mol. The fourth-order valence-corrected chi connectivity index (χ4v) is 4.44. The van der Waals surface area contributed by atoms with Crippen LogP contribution in [0.25, 0.3) is 22.1 Å². The van der Waals surface area contributed by atoms with E-state index in [0.717, 1.165) is 24.2 Å². The van der Waals surface area contributed by atoms with E-state index in [1.54, 1.807) is 10.6 Å². The molecule has 12 nitrogen and oxygen atoms in total. The van der Waals surface area contributed by atoms with Crippen molar-refractivity contribution in [3.05, 3.63) is 46.6 Å². The molecule has 3 atom stereocenters. The van der Waals surface area contributed by atoms with E-state index in [1.807, 2.05) is 18.2 Å². The number of aliphatic hydroxyl groups excluding tert-OH is 2. The van der Waals surface area contributed by atoms with E-state index in [9.17, 15) is 15.0 Å². The number of anilines is 2. The summed E-state index contributed by atoms with van der Waals surface area (Å²) in [6, 6.07) is 7.49. The molecule has 0 spiro atoms. The number of hydrogen-bond donors (Lipinski definition) is 3. The molecule has 5 rings (SSSR count). The molecule has 0 saturated carbocycles. The molecule has 1 fully saturated rings. The van der Waals surface area contributed by atoms with Gasteiger partial charge in [-0.3, -0.25) is 4.57 Å². The molecule has 0 radical (unpaired) electrons. The van der Waals surface area contributed by atoms with Crippen molar-refractivity contribution in [3.8, 4) is 5.88 Å². The molecule has 3 aromatic heterocycles. The number of rotatable bonds is 8. The first-order chi connectivity index (χ1) is 17.4. The quantitative estimate of drug-likeness (QED) is 0.304. The third kappa shape index (κ3) is 4.34. The zero-order valence-electron chi connectivity index (χ0n) is 20.0. The maximum Gasteiger partial charge on any atom is 0.342 e. The molecule has 0 aliphatic carbocycles. The number of fused-ring (bicyclic) bond motifs is 2. The van der Waals surface area contributed by atoms with Crippen LogP contribution in [-0.2, 0) is 11.3 Å². The van der Waals surface area contributed by atoms with Crippen molar-refractivity contribution in [3.63, 3.8) is 0 Å². The van der Waals surface area contributed by atoms with Gasteiger partial charge in [-0.15, -0.1) is 0 Å². The normalized spacial score (nSPS) is 19.8. The maximum atomic E-state index is 12.7. The van der Waals surface area contributed by atoms with Gasteiger partial charge in [-0.05, 0) is 32.0 Å². The summed E-state index contributed by atoms with van der Waals surface area (Å²) in [4.78, 5) is 27.6. The van der Waals surface area contributed by atoms with Crippen LogP contribution in [0.3, 0.4) is 0 Å². The zero-order valence-corrected chi connectivity index (χ0v) is 20.0. The Morgan fingerprint density at radius 3 is 2.78 bits per heavy atom. The van der Waals surface area contributed by atoms with Gasteiger partial charge in [0.2, 0.25) is 11.8 Å². The third-order valence-corrected chi connectivity index (χ3v) is 6.39. The van der Waals surface area contributed by atoms with Crippen LogP contribution in [-0.4, -0.2) is 61.6 Å². The van der Waals surface area contributed by atoms with E-state index >= 15 is 0 Å². The standard InChI is InChI=1S/C24H28N6O6/c1-3-29(4-2)15-6-5-13-7-14(23(33)36-17(13)8-15)11-34-22-20-21(27-24(25)28-22)30(12-26-20)19-9-16(32)18(10-31)35-19/h5-8,12,16,18-19,31-32H,3-4,9-11H2,1-2H3,(H2,25,27,28)/t16-,18+,19+/m0/s1. The minimum Gasteiger partial charge on any atom is -0.471 e. The Morgan fingerprint density at radius 1 is 1.25 bits per heavy atom. The first kappa shape index (κ1) is 24.0. The molecule has 36 heavy (non-hydrogen) atoms. The molecule has 0 bridgehead atoms. The minimum absolute atomic E-state index is 0.0500. The zero-order chi connectivity index (χ0) is 25.4. The summed E-state index contributed by atoms with van der Waals surface area (Å²) in [6.07, 6.45) is -0.357. The van der Waals surface area contributed by atoms with Gasteiger partial charge in [0, 0.05) is 36.7 Å². The maximum absolute atomic E-state index is 12.7. The lowest BCUT2D eigenvalue weighted by atomic mass is 10.1. The van der Waals surface area contributed by atoms with Crippen molar-refractivity contribution in [2.75, 3.05) is 30.3 Å². The van der Waals surface area contributed by atoms with E-state index in [1.165, 1.54) is 6.33 Å². The number of aliphatic hydroxyl groups is 2. The number of aromatic nitrogens is 4. The van der Waals surface area contributed by atoms with Crippen LogP contribution in [0.5, 0.6) is 5.88 Å². The number of hydrogen-bond acceptors (Lipinski definition) is 11. The van der Waals surface area contributed by atoms with Crippen molar-refractivity contribution in [2.45, 2.75) is 45.3 Å². The number of nitrogen functional groups attached to an aromatic ring is 1. The number of ether oxygens (including phenoxy) is 2. The van der Waals surface area contributed by atoms with Crippen molar-refractivity contribution < 1.29 is 24.1 Å². The summed E-state index contributed by atoms with van der Waals surface area (Å²) >= 11 is 0. The second-order valence-corrected chi connectivity index (χ2v) is 8.57. The lowest BCUT2D eigenvalue weighted by Gasteiger charge is -2.21. The van der Waals surface area contributed by atoms with Gasteiger partial charge in [-0.1, -0.05) is 0 Å². The van der Waals surface area contributed by atoms with Crippen molar-refractivity contribution in [2.24, 2.45) is 0 Å². The summed E-state index contributed by atoms with van der Waals surface area (Å²) < 4.78 is 18.7. The Hall–Kier alpha value is -3.74. The molecular formula is C24H28N6O6. The van der Waals surface area contributed by atoms with E-state index in [0.29, 0.717) is 22.3 Å². The Balaban J connectivity index is 1.41. The van der Waals surface area contributed by atoms with E-state index in [4.69, 9.17) is 19.6 Å². The van der Waals surface area contributed by atoms with Crippen molar-refractivity contribution >= 4 is 33.8 Å². The topological polar surface area (TPSA) is 162 Å². The van der Waals surface area contributed by atoms with Crippen LogP contribution in [0.2, 0.25) is 0 Å². The second-order valence-electron chi connectivity index (χ2n) is 8.57. The van der Waals surface area contributed by atoms with Crippen molar-refractivity contribution in [1.82, 2.24) is 19.5 Å². The van der Waals surface area contributed by atoms with Gasteiger partial charge in [-0.25, -0.2) is 9.78 Å². The molecule has 1 aliphatic rings. The monoisotopic (exact) mass is 496 g/mol. The van der Waals surface area contributed by atoms with Gasteiger partial charge in [0.25, 0.3) is 0 Å². The second kappa shape index (κ2) is 9.72. The van der Waals surface area contributed by atoms with Gasteiger partial charge in [0.05, 0.1) is 24.6 Å². The van der Waals surface area contributed by atoms with Crippen LogP contribution in [0.1, 0.15) is 32.1 Å². The Bertz CT molecular complexity index is 1450. The fourth-order valence-electron chi connectivity index (χ4n) is 4.44. The molecule has 0 amide bonds. The largest absolute Gasteiger partial charge is 0.471 e. The molecule has 4 aromatic rings. The van der Waals surface area contributed by atoms with Gasteiger partial charge >= 0.3 is 5.63 Å². The minimum atomic E-state index is -0.817. The Kier molecular flexibility index (Phi) is 6.48. The van der Waals surface area contributed by atoms with Gasteiger partial charge in [0.1, 0.15) is 24.5 Å². The predicted molar refractivity (Wildman–Crippen MR) is 132 cm³/mol. The van der Waals surface area contributed by atoms with Crippen LogP contribution in [0, 0.1) is 0 Å². The highest BCUT2D eigenvalue weighted by Gasteiger charge is 2.35. The molecular weight excluding hydrogens is 468 g/mol. The third-order valence-electron chi connectivity index (χ3n) is 6.39. The van der Waals surface area contributed by atoms with E-state index in [2.05, 4.69) is 33.7 Å². The van der Waals surface area contributed by atoms with Crippen LogP contribution in [0.15, 0.2) is 39.8 Å². The molecule has 4 N–H and O–H groups in total. The average Bonchev–Trinajstić information content (AvgIpc) is 3.46. The molecule has 1 aromatic carbocycles. The van der Waals surface area contributed by atoms with Gasteiger partial charge in [-0.2, -0.15) is 9.97 Å². The lowest BCUT2D eigenvalue weighted by Crippen LogP contribution is -2.24. The Morgan fingerprint density at radius 2 is 2.06 bits per heavy atom. The summed E-state index contributed by atoms with van der Waals surface area (Å²) in [5.74, 6) is 0.0517. The van der Waals surface area contributed by atoms with Crippen LogP contribution < -0.4 is 21.0 Å². The fraction of sp³-hybridized carbons (Fsp3) is 0.417. The van der Waals surface area contributed by atoms with Crippen LogP contribution >= 0.6 is 0 Å². The summed E-state index contributed by atoms with van der Waals surface area (Å²) in [6.45, 7) is 5.42. The molecule has 0 unspecified atom stereocenters. The lowest BCUT2D eigenvalue weighted by molar-refractivity contribution is -0.0432.